The molecule has 0 rings (SSSR count). The van der Waals surface area contributed by atoms with Crippen molar-refractivity contribution >= 4 is 15.9 Å². The predicted octanol–water partition coefficient (Wildman–Crippen LogP) is 3.54. The molecule has 0 unspecified atom stereocenters. The molecule has 3 heteroatoms. The van der Waals surface area contributed by atoms with Crippen LogP contribution in [0, 0.1) is 5.41 Å². The van der Waals surface area contributed by atoms with Crippen molar-refractivity contribution in [1.29, 1.82) is 0 Å². The standard InChI is InChI=1S/C13H28BrNO/c1-6-13(7-2,10-14)11-15(12(3)4)8-9-16-5/h12H,6-11H2,1-5H3. The first-order chi connectivity index (χ1) is 7.55. The second-order valence-corrected chi connectivity index (χ2v) is 5.46. The molecule has 0 bridgehead atoms. The number of hydrogen-bond donors (Lipinski definition) is 0. The van der Waals surface area contributed by atoms with Crippen LogP contribution in [0.2, 0.25) is 0 Å². The number of rotatable bonds is 9. The molecular weight excluding hydrogens is 266 g/mol. The van der Waals surface area contributed by atoms with E-state index in [0.717, 1.165) is 25.0 Å². The van der Waals surface area contributed by atoms with Gasteiger partial charge in [0, 0.05) is 31.6 Å². The minimum Gasteiger partial charge on any atom is -0.383 e. The van der Waals surface area contributed by atoms with E-state index in [9.17, 15) is 0 Å². The second-order valence-electron chi connectivity index (χ2n) is 4.90. The monoisotopic (exact) mass is 293 g/mol. The van der Waals surface area contributed by atoms with Gasteiger partial charge in [0.1, 0.15) is 0 Å². The SMILES string of the molecule is CCC(CC)(CBr)CN(CCOC)C(C)C. The summed E-state index contributed by atoms with van der Waals surface area (Å²) in [4.78, 5) is 2.53. The van der Waals surface area contributed by atoms with Crippen LogP contribution < -0.4 is 0 Å². The molecule has 0 atom stereocenters. The van der Waals surface area contributed by atoms with Crippen molar-refractivity contribution in [3.63, 3.8) is 0 Å². The van der Waals surface area contributed by atoms with Gasteiger partial charge >= 0.3 is 0 Å². The number of nitrogens with zero attached hydrogens (tertiary/aromatic N) is 1. The maximum atomic E-state index is 5.18. The Labute approximate surface area is 110 Å². The number of ether oxygens (including phenoxy) is 1. The Hall–Kier alpha value is 0.400. The average Bonchev–Trinajstić information content (AvgIpc) is 2.30. The third-order valence-electron chi connectivity index (χ3n) is 3.63. The van der Waals surface area contributed by atoms with Gasteiger partial charge in [-0.3, -0.25) is 4.90 Å². The van der Waals surface area contributed by atoms with Crippen LogP contribution in [0.5, 0.6) is 0 Å². The molecule has 16 heavy (non-hydrogen) atoms. The lowest BCUT2D eigenvalue weighted by Crippen LogP contribution is -2.43. The third kappa shape index (κ3) is 5.15. The molecule has 0 amide bonds. The highest BCUT2D eigenvalue weighted by molar-refractivity contribution is 9.09. The first kappa shape index (κ1) is 16.4. The van der Waals surface area contributed by atoms with Gasteiger partial charge in [-0.05, 0) is 32.1 Å². The molecule has 0 saturated heterocycles. The average molecular weight is 294 g/mol. The van der Waals surface area contributed by atoms with E-state index in [1.54, 1.807) is 7.11 Å². The minimum absolute atomic E-state index is 0.415. The van der Waals surface area contributed by atoms with Crippen molar-refractivity contribution < 1.29 is 4.74 Å². The number of halogens is 1. The number of alkyl halides is 1. The Kier molecular flexibility index (Phi) is 8.70. The van der Waals surface area contributed by atoms with Crippen LogP contribution in [0.3, 0.4) is 0 Å². The van der Waals surface area contributed by atoms with Gasteiger partial charge in [-0.2, -0.15) is 0 Å². The summed E-state index contributed by atoms with van der Waals surface area (Å²) in [6.07, 6.45) is 2.45. The van der Waals surface area contributed by atoms with Gasteiger partial charge in [-0.1, -0.05) is 29.8 Å². The quantitative estimate of drug-likeness (QED) is 0.603. The van der Waals surface area contributed by atoms with E-state index in [2.05, 4.69) is 48.5 Å². The van der Waals surface area contributed by atoms with Crippen LogP contribution in [0.4, 0.5) is 0 Å². The van der Waals surface area contributed by atoms with Gasteiger partial charge in [0.15, 0.2) is 0 Å². The van der Waals surface area contributed by atoms with E-state index < -0.39 is 0 Å². The zero-order valence-corrected chi connectivity index (χ0v) is 13.1. The molecule has 0 spiro atoms. The minimum atomic E-state index is 0.415. The van der Waals surface area contributed by atoms with Crippen molar-refractivity contribution in [3.05, 3.63) is 0 Å². The van der Waals surface area contributed by atoms with Crippen LogP contribution in [-0.4, -0.2) is 43.1 Å². The molecule has 2 nitrogen and oxygen atoms in total. The summed E-state index contributed by atoms with van der Waals surface area (Å²) in [6, 6.07) is 0.590. The van der Waals surface area contributed by atoms with Gasteiger partial charge in [0.2, 0.25) is 0 Å². The van der Waals surface area contributed by atoms with Crippen LogP contribution in [0.15, 0.2) is 0 Å². The fraction of sp³-hybridized carbons (Fsp3) is 1.00. The fourth-order valence-electron chi connectivity index (χ4n) is 1.86. The van der Waals surface area contributed by atoms with Crippen LogP contribution >= 0.6 is 15.9 Å². The molecule has 0 aromatic carbocycles. The number of methoxy groups -OCH3 is 1. The summed E-state index contributed by atoms with van der Waals surface area (Å²) in [5.74, 6) is 0. The highest BCUT2D eigenvalue weighted by atomic mass is 79.9. The second kappa shape index (κ2) is 8.48. The summed E-state index contributed by atoms with van der Waals surface area (Å²) in [6.45, 7) is 12.1. The normalized spacial score (nSPS) is 12.8. The van der Waals surface area contributed by atoms with E-state index in [0.29, 0.717) is 11.5 Å². The van der Waals surface area contributed by atoms with Gasteiger partial charge in [0.05, 0.1) is 6.61 Å². The van der Waals surface area contributed by atoms with Crippen LogP contribution in [0.25, 0.3) is 0 Å². The molecule has 0 fully saturated rings. The fourth-order valence-corrected chi connectivity index (χ4v) is 2.83. The molecular formula is C13H28BrNO. The molecule has 0 aliphatic rings. The topological polar surface area (TPSA) is 12.5 Å². The lowest BCUT2D eigenvalue weighted by atomic mass is 9.84. The summed E-state index contributed by atoms with van der Waals surface area (Å²) >= 11 is 3.68. The lowest BCUT2D eigenvalue weighted by molar-refractivity contribution is 0.0889. The van der Waals surface area contributed by atoms with Crippen molar-refractivity contribution in [2.24, 2.45) is 5.41 Å². The van der Waals surface area contributed by atoms with Gasteiger partial charge in [0.25, 0.3) is 0 Å². The van der Waals surface area contributed by atoms with Crippen molar-refractivity contribution in [1.82, 2.24) is 4.90 Å². The molecule has 0 aromatic rings. The molecule has 98 valence electrons. The van der Waals surface area contributed by atoms with E-state index in [1.165, 1.54) is 12.8 Å². The summed E-state index contributed by atoms with van der Waals surface area (Å²) in [5.41, 5.74) is 0.415. The zero-order valence-electron chi connectivity index (χ0n) is 11.6. The largest absolute Gasteiger partial charge is 0.383 e. The summed E-state index contributed by atoms with van der Waals surface area (Å²) in [5, 5.41) is 1.09. The van der Waals surface area contributed by atoms with Gasteiger partial charge < -0.3 is 4.74 Å². The molecule has 0 heterocycles. The van der Waals surface area contributed by atoms with E-state index >= 15 is 0 Å². The maximum Gasteiger partial charge on any atom is 0.0589 e. The molecule has 0 aliphatic carbocycles. The smallest absolute Gasteiger partial charge is 0.0589 e. The maximum absolute atomic E-state index is 5.18. The van der Waals surface area contributed by atoms with Crippen molar-refractivity contribution in [3.8, 4) is 0 Å². The Morgan fingerprint density at radius 3 is 2.12 bits per heavy atom. The molecule has 0 radical (unpaired) electrons. The first-order valence-electron chi connectivity index (χ1n) is 6.34. The van der Waals surface area contributed by atoms with Gasteiger partial charge in [-0.25, -0.2) is 0 Å². The Bertz CT molecular complexity index is 161. The third-order valence-corrected chi connectivity index (χ3v) is 4.82. The number of hydrogen-bond acceptors (Lipinski definition) is 2. The van der Waals surface area contributed by atoms with E-state index in [-0.39, 0.29) is 0 Å². The molecule has 0 aromatic heterocycles. The van der Waals surface area contributed by atoms with Crippen molar-refractivity contribution in [2.75, 3.05) is 32.1 Å². The molecule has 0 N–H and O–H groups in total. The van der Waals surface area contributed by atoms with Gasteiger partial charge in [-0.15, -0.1) is 0 Å². The highest BCUT2D eigenvalue weighted by Crippen LogP contribution is 2.30. The van der Waals surface area contributed by atoms with Crippen LogP contribution in [-0.2, 0) is 4.74 Å². The molecule has 0 aliphatic heterocycles. The highest BCUT2D eigenvalue weighted by Gasteiger charge is 2.28. The Morgan fingerprint density at radius 1 is 1.25 bits per heavy atom. The Morgan fingerprint density at radius 2 is 1.81 bits per heavy atom. The van der Waals surface area contributed by atoms with Crippen LogP contribution in [0.1, 0.15) is 40.5 Å². The van der Waals surface area contributed by atoms with E-state index in [4.69, 9.17) is 4.74 Å². The zero-order chi connectivity index (χ0) is 12.6. The van der Waals surface area contributed by atoms with Crippen molar-refractivity contribution in [2.45, 2.75) is 46.6 Å². The molecule has 0 saturated carbocycles. The Balaban J connectivity index is 4.44. The first-order valence-corrected chi connectivity index (χ1v) is 7.46. The summed E-state index contributed by atoms with van der Waals surface area (Å²) < 4.78 is 5.18. The summed E-state index contributed by atoms with van der Waals surface area (Å²) in [7, 11) is 1.77. The van der Waals surface area contributed by atoms with E-state index in [1.807, 2.05) is 0 Å². The lowest BCUT2D eigenvalue weighted by Gasteiger charge is -2.38. The predicted molar refractivity (Wildman–Crippen MR) is 75.4 cm³/mol.